The highest BCUT2D eigenvalue weighted by Crippen LogP contribution is 2.32. The Morgan fingerprint density at radius 2 is 1.31 bits per heavy atom. The Balaban J connectivity index is 1.14. The van der Waals surface area contributed by atoms with E-state index in [1.165, 1.54) is 5.56 Å². The van der Waals surface area contributed by atoms with Gasteiger partial charge in [-0.3, -0.25) is 9.13 Å². The van der Waals surface area contributed by atoms with Crippen LogP contribution in [0.15, 0.2) is 78.9 Å². The predicted molar refractivity (Wildman–Crippen MR) is 192 cm³/mol. The summed E-state index contributed by atoms with van der Waals surface area (Å²) in [6, 6.07) is 27.2. The van der Waals surface area contributed by atoms with Crippen LogP contribution in [0.5, 0.6) is 0 Å². The third-order valence-electron chi connectivity index (χ3n) is 9.51. The molecule has 9 nitrogen and oxygen atoms in total. The van der Waals surface area contributed by atoms with Gasteiger partial charge >= 0.3 is 0 Å². The van der Waals surface area contributed by atoms with Crippen molar-refractivity contribution >= 4 is 0 Å². The van der Waals surface area contributed by atoms with Gasteiger partial charge in [0.25, 0.3) is 0 Å². The van der Waals surface area contributed by atoms with E-state index in [0.717, 1.165) is 79.2 Å². The first kappa shape index (κ1) is 32.4. The van der Waals surface area contributed by atoms with Crippen molar-refractivity contribution < 1.29 is 14.6 Å². The first-order valence-electron chi connectivity index (χ1n) is 17.1. The normalized spacial score (nSPS) is 13.0. The predicted octanol–water partition coefficient (Wildman–Crippen LogP) is 5.70. The van der Waals surface area contributed by atoms with Gasteiger partial charge in [-0.15, -0.1) is 26.8 Å². The van der Waals surface area contributed by atoms with Crippen LogP contribution in [0.2, 0.25) is 0 Å². The lowest BCUT2D eigenvalue weighted by Crippen LogP contribution is -2.10. The lowest BCUT2D eigenvalue weighted by atomic mass is 9.92. The van der Waals surface area contributed by atoms with Crippen molar-refractivity contribution in [3.05, 3.63) is 152 Å². The molecule has 0 aliphatic carbocycles. The van der Waals surface area contributed by atoms with Gasteiger partial charge in [0.1, 0.15) is 24.9 Å². The molecule has 9 heteroatoms. The number of ether oxygens (including phenoxy) is 2. The van der Waals surface area contributed by atoms with Gasteiger partial charge in [0, 0.05) is 35.1 Å². The highest BCUT2D eigenvalue weighted by molar-refractivity contribution is 5.58. The van der Waals surface area contributed by atoms with E-state index < -0.39 is 0 Å². The maximum absolute atomic E-state index is 9.36. The van der Waals surface area contributed by atoms with E-state index >= 15 is 0 Å². The first-order chi connectivity index (χ1) is 25.1. The van der Waals surface area contributed by atoms with Crippen molar-refractivity contribution in [2.75, 3.05) is 6.61 Å². The van der Waals surface area contributed by atoms with Crippen molar-refractivity contribution in [2.45, 2.75) is 59.0 Å². The van der Waals surface area contributed by atoms with Gasteiger partial charge in [-0.2, -0.15) is 0 Å². The van der Waals surface area contributed by atoms with Gasteiger partial charge in [-0.1, -0.05) is 72.4 Å². The molecular formula is C42H36N6O3. The first-order valence-corrected chi connectivity index (χ1v) is 17.1. The van der Waals surface area contributed by atoms with E-state index in [1.54, 1.807) is 0 Å². The highest BCUT2D eigenvalue weighted by Gasteiger charge is 2.25. The third kappa shape index (κ3) is 6.35. The summed E-state index contributed by atoms with van der Waals surface area (Å²) >= 11 is 0. The van der Waals surface area contributed by atoms with E-state index in [9.17, 15) is 5.11 Å². The summed E-state index contributed by atoms with van der Waals surface area (Å²) in [5.74, 6) is 12.5. The molecule has 0 saturated heterocycles. The van der Waals surface area contributed by atoms with Crippen molar-refractivity contribution in [1.29, 1.82) is 0 Å². The molecule has 0 bridgehead atoms. The van der Waals surface area contributed by atoms with Crippen LogP contribution in [0.25, 0.3) is 11.4 Å². The van der Waals surface area contributed by atoms with E-state index in [1.807, 2.05) is 25.1 Å². The maximum Gasteiger partial charge on any atom is 0.163 e. The highest BCUT2D eigenvalue weighted by atomic mass is 16.5. The van der Waals surface area contributed by atoms with Crippen molar-refractivity contribution in [2.24, 2.45) is 0 Å². The summed E-state index contributed by atoms with van der Waals surface area (Å²) in [6.45, 7) is 3.60. The Morgan fingerprint density at radius 1 is 0.686 bits per heavy atom. The zero-order chi connectivity index (χ0) is 34.7. The molecular weight excluding hydrogens is 637 g/mol. The standard InChI is InChI=1S/C42H36N6O3/c1-3-32-15-17-38-36(24-50-26-41-45-43-28(2)47(38)41)34(32)22-30-12-9-13-31(20-30)23-40-44-46-42-27-51-25-37-35(21-29-10-5-4-6-11-29)33(14-7-8-19-49)16-18-39(37)48(40)42/h1,4-6,9-13,15-18,20,49H,8,19,21-27H2,2H3. The molecule has 0 unspecified atom stereocenters. The Labute approximate surface area is 296 Å². The van der Waals surface area contributed by atoms with E-state index in [2.05, 4.69) is 108 Å². The van der Waals surface area contributed by atoms with Crippen LogP contribution >= 0.6 is 0 Å². The second kappa shape index (κ2) is 14.2. The number of rotatable bonds is 7. The number of terminal acetylenes is 1. The minimum atomic E-state index is 0.0283. The second-order valence-electron chi connectivity index (χ2n) is 12.8. The number of aliphatic hydroxyl groups is 1. The monoisotopic (exact) mass is 672 g/mol. The Morgan fingerprint density at radius 3 is 2.06 bits per heavy atom. The topological polar surface area (TPSA) is 100 Å². The summed E-state index contributed by atoms with van der Waals surface area (Å²) < 4.78 is 16.5. The molecule has 0 fully saturated rings. The molecule has 51 heavy (non-hydrogen) atoms. The number of aromatic nitrogens is 6. The average molecular weight is 673 g/mol. The fourth-order valence-electron chi connectivity index (χ4n) is 7.15. The van der Waals surface area contributed by atoms with Crippen LogP contribution in [-0.2, 0) is 55.2 Å². The van der Waals surface area contributed by atoms with Crippen LogP contribution < -0.4 is 0 Å². The van der Waals surface area contributed by atoms with E-state index in [4.69, 9.17) is 15.9 Å². The third-order valence-corrected chi connectivity index (χ3v) is 9.51. The van der Waals surface area contributed by atoms with Crippen molar-refractivity contribution in [3.8, 4) is 35.6 Å². The van der Waals surface area contributed by atoms with E-state index in [0.29, 0.717) is 52.1 Å². The fourth-order valence-corrected chi connectivity index (χ4v) is 7.15. The van der Waals surface area contributed by atoms with Gasteiger partial charge in [-0.05, 0) is 71.8 Å². The van der Waals surface area contributed by atoms with Crippen LogP contribution in [0.3, 0.4) is 0 Å². The van der Waals surface area contributed by atoms with Crippen molar-refractivity contribution in [1.82, 2.24) is 29.5 Å². The molecule has 1 N–H and O–H groups in total. The number of benzene rings is 4. The molecule has 0 amide bonds. The molecule has 0 spiro atoms. The zero-order valence-electron chi connectivity index (χ0n) is 28.4. The zero-order valence-corrected chi connectivity index (χ0v) is 28.4. The molecule has 6 aromatic rings. The van der Waals surface area contributed by atoms with Gasteiger partial charge in [-0.25, -0.2) is 0 Å². The minimum Gasteiger partial charge on any atom is -0.395 e. The maximum atomic E-state index is 9.36. The van der Waals surface area contributed by atoms with Gasteiger partial charge in [0.2, 0.25) is 0 Å². The lowest BCUT2D eigenvalue weighted by molar-refractivity contribution is 0.104. The Hall–Kier alpha value is -5.84. The van der Waals surface area contributed by atoms with Crippen LogP contribution in [0.4, 0.5) is 0 Å². The Kier molecular flexibility index (Phi) is 9.00. The number of hydrogen-bond acceptors (Lipinski definition) is 7. The summed E-state index contributed by atoms with van der Waals surface area (Å²) in [7, 11) is 0. The Bertz CT molecular complexity index is 2360. The minimum absolute atomic E-state index is 0.0283. The van der Waals surface area contributed by atoms with Crippen LogP contribution in [0, 0.1) is 31.1 Å². The van der Waals surface area contributed by atoms with Gasteiger partial charge in [0.05, 0.1) is 31.2 Å². The largest absolute Gasteiger partial charge is 0.395 e. The summed E-state index contributed by atoms with van der Waals surface area (Å²) in [4.78, 5) is 0. The molecule has 2 aromatic heterocycles. The van der Waals surface area contributed by atoms with Crippen molar-refractivity contribution in [3.63, 3.8) is 0 Å². The summed E-state index contributed by atoms with van der Waals surface area (Å²) in [5, 5.41) is 27.2. The van der Waals surface area contributed by atoms with Crippen LogP contribution in [0.1, 0.15) is 79.8 Å². The van der Waals surface area contributed by atoms with E-state index in [-0.39, 0.29) is 6.61 Å². The molecule has 0 atom stereocenters. The summed E-state index contributed by atoms with van der Waals surface area (Å²) in [5.41, 5.74) is 11.6. The lowest BCUT2D eigenvalue weighted by Gasteiger charge is -2.18. The second-order valence-corrected chi connectivity index (χ2v) is 12.8. The SMILES string of the molecule is C#Cc1ccc2c(c1Cc1cccc(Cc3nnc4n3-c3ccc(C#CCCO)c(Cc5ccccc5)c3COC4)c1)COCc1nnc(C)n1-2. The smallest absolute Gasteiger partial charge is 0.163 e. The molecule has 2 aliphatic heterocycles. The van der Waals surface area contributed by atoms with Gasteiger partial charge in [0.15, 0.2) is 11.6 Å². The number of nitrogens with zero attached hydrogens (tertiary/aromatic N) is 6. The number of aryl methyl sites for hydroxylation is 1. The molecule has 2 aliphatic rings. The number of hydrogen-bond donors (Lipinski definition) is 1. The number of fused-ring (bicyclic) bond motifs is 6. The molecule has 252 valence electrons. The molecule has 4 heterocycles. The number of aliphatic hydroxyl groups excluding tert-OH is 1. The van der Waals surface area contributed by atoms with Crippen LogP contribution in [-0.4, -0.2) is 41.2 Å². The molecule has 0 saturated carbocycles. The quantitative estimate of drug-likeness (QED) is 0.217. The molecule has 8 rings (SSSR count). The molecule has 4 aromatic carbocycles. The fraction of sp³-hybridized carbons (Fsp3) is 0.238. The summed E-state index contributed by atoms with van der Waals surface area (Å²) in [6.07, 6.45) is 8.39. The van der Waals surface area contributed by atoms with Gasteiger partial charge < -0.3 is 14.6 Å². The molecule has 0 radical (unpaired) electrons. The average Bonchev–Trinajstić information content (AvgIpc) is 3.57.